The van der Waals surface area contributed by atoms with Gasteiger partial charge in [-0.3, -0.25) is 4.79 Å². The van der Waals surface area contributed by atoms with Gasteiger partial charge in [-0.1, -0.05) is 18.2 Å². The number of hydrogen-bond donors (Lipinski definition) is 2. The van der Waals surface area contributed by atoms with Crippen molar-refractivity contribution in [3.63, 3.8) is 0 Å². The monoisotopic (exact) mass is 475 g/mol. The molecule has 5 rings (SSSR count). The highest BCUT2D eigenvalue weighted by Gasteiger charge is 2.45. The molecule has 1 aliphatic rings. The predicted octanol–water partition coefficient (Wildman–Crippen LogP) is 2.70. The summed E-state index contributed by atoms with van der Waals surface area (Å²) in [6.07, 6.45) is 6.64. The average Bonchev–Trinajstić information content (AvgIpc) is 3.57. The Kier molecular flexibility index (Phi) is 5.84. The van der Waals surface area contributed by atoms with Crippen LogP contribution in [0.3, 0.4) is 0 Å². The molecule has 0 spiro atoms. The van der Waals surface area contributed by atoms with Crippen LogP contribution in [0.1, 0.15) is 17.7 Å². The van der Waals surface area contributed by atoms with E-state index in [-0.39, 0.29) is 5.91 Å². The first kappa shape index (κ1) is 22.2. The molecule has 1 saturated heterocycles. The SMILES string of the molecule is CN1CC[C@@](O)(c2cccc(-c3nc(-c4ccnc(NCCc5cn(C)cn5)n4)cs3)c2)C1=O. The van der Waals surface area contributed by atoms with Gasteiger partial charge in [-0.15, -0.1) is 11.3 Å². The van der Waals surface area contributed by atoms with Crippen molar-refractivity contribution in [3.05, 3.63) is 65.7 Å². The number of imidazole rings is 1. The summed E-state index contributed by atoms with van der Waals surface area (Å²) in [5.41, 5.74) is 2.45. The maximum absolute atomic E-state index is 12.5. The van der Waals surface area contributed by atoms with Crippen LogP contribution in [-0.4, -0.2) is 60.6 Å². The average molecular weight is 476 g/mol. The number of nitrogens with one attached hydrogen (secondary N) is 1. The minimum absolute atomic E-state index is 0.270. The first-order chi connectivity index (χ1) is 16.4. The van der Waals surface area contributed by atoms with Crippen molar-refractivity contribution in [2.75, 3.05) is 25.5 Å². The smallest absolute Gasteiger partial charge is 0.258 e. The van der Waals surface area contributed by atoms with E-state index in [9.17, 15) is 9.90 Å². The van der Waals surface area contributed by atoms with E-state index in [0.717, 1.165) is 34.1 Å². The second-order valence-corrected chi connectivity index (χ2v) is 9.29. The van der Waals surface area contributed by atoms with Crippen molar-refractivity contribution in [1.82, 2.24) is 29.4 Å². The first-order valence-electron chi connectivity index (χ1n) is 11.0. The van der Waals surface area contributed by atoms with Gasteiger partial charge >= 0.3 is 0 Å². The zero-order valence-electron chi connectivity index (χ0n) is 19.0. The molecule has 174 valence electrons. The maximum Gasteiger partial charge on any atom is 0.258 e. The van der Waals surface area contributed by atoms with E-state index >= 15 is 0 Å². The zero-order valence-corrected chi connectivity index (χ0v) is 19.8. The Hall–Kier alpha value is -3.63. The van der Waals surface area contributed by atoms with Crippen LogP contribution in [0.5, 0.6) is 0 Å². The van der Waals surface area contributed by atoms with Crippen molar-refractivity contribution in [2.24, 2.45) is 7.05 Å². The molecule has 0 unspecified atom stereocenters. The molecule has 1 aliphatic heterocycles. The number of aromatic nitrogens is 5. The standard InChI is InChI=1S/C24H25N7O2S/c1-30-13-18(27-15-30)6-9-25-23-26-10-7-19(29-23)20-14-34-21(28-20)16-4-3-5-17(12-16)24(33)8-11-31(2)22(24)32/h3-5,7,10,12-15,33H,6,8-9,11H2,1-2H3,(H,25,26,29)/t24-/m1/s1. The summed E-state index contributed by atoms with van der Waals surface area (Å²) in [5, 5.41) is 17.0. The lowest BCUT2D eigenvalue weighted by Crippen LogP contribution is -2.36. The Bertz CT molecular complexity index is 1330. The van der Waals surface area contributed by atoms with Gasteiger partial charge in [0, 0.05) is 63.4 Å². The highest BCUT2D eigenvalue weighted by atomic mass is 32.1. The maximum atomic E-state index is 12.5. The number of nitrogens with zero attached hydrogens (tertiary/aromatic N) is 6. The van der Waals surface area contributed by atoms with E-state index in [4.69, 9.17) is 4.98 Å². The van der Waals surface area contributed by atoms with Crippen LogP contribution in [0.4, 0.5) is 5.95 Å². The molecule has 3 aromatic heterocycles. The number of likely N-dealkylation sites (N-methyl/N-ethyl adjacent to an activating group) is 1. The second-order valence-electron chi connectivity index (χ2n) is 8.43. The lowest BCUT2D eigenvalue weighted by molar-refractivity contribution is -0.143. The molecule has 9 nitrogen and oxygen atoms in total. The van der Waals surface area contributed by atoms with E-state index < -0.39 is 5.60 Å². The largest absolute Gasteiger partial charge is 0.375 e. The van der Waals surface area contributed by atoms with Gasteiger partial charge in [0.1, 0.15) is 10.7 Å². The van der Waals surface area contributed by atoms with Gasteiger partial charge in [-0.05, 0) is 17.7 Å². The number of thiazole rings is 1. The van der Waals surface area contributed by atoms with Crippen LogP contribution < -0.4 is 5.32 Å². The van der Waals surface area contributed by atoms with Gasteiger partial charge < -0.3 is 19.9 Å². The molecule has 0 aliphatic carbocycles. The highest BCUT2D eigenvalue weighted by Crippen LogP contribution is 2.36. The molecule has 34 heavy (non-hydrogen) atoms. The molecule has 4 aromatic rings. The van der Waals surface area contributed by atoms with Gasteiger partial charge in [-0.2, -0.15) is 0 Å². The third kappa shape index (κ3) is 4.29. The number of carbonyl (C=O) groups is 1. The van der Waals surface area contributed by atoms with E-state index in [1.165, 1.54) is 11.3 Å². The van der Waals surface area contributed by atoms with Crippen molar-refractivity contribution in [1.29, 1.82) is 0 Å². The molecule has 1 fully saturated rings. The fourth-order valence-corrected chi connectivity index (χ4v) is 4.85. The van der Waals surface area contributed by atoms with Gasteiger partial charge in [0.05, 0.1) is 17.7 Å². The van der Waals surface area contributed by atoms with Crippen molar-refractivity contribution < 1.29 is 9.90 Å². The first-order valence-corrected chi connectivity index (χ1v) is 11.9. The number of hydrogen-bond acceptors (Lipinski definition) is 8. The summed E-state index contributed by atoms with van der Waals surface area (Å²) < 4.78 is 1.92. The fourth-order valence-electron chi connectivity index (χ4n) is 4.04. The molecule has 10 heteroatoms. The number of carbonyl (C=O) groups excluding carboxylic acids is 1. The van der Waals surface area contributed by atoms with Crippen molar-refractivity contribution >= 4 is 23.2 Å². The Labute approximate surface area is 201 Å². The molecule has 1 aromatic carbocycles. The minimum Gasteiger partial charge on any atom is -0.375 e. The van der Waals surface area contributed by atoms with E-state index in [1.54, 1.807) is 30.5 Å². The van der Waals surface area contributed by atoms with Gasteiger partial charge in [0.25, 0.3) is 5.91 Å². The molecular formula is C24H25N7O2S. The Morgan fingerprint density at radius 3 is 2.82 bits per heavy atom. The minimum atomic E-state index is -1.48. The van der Waals surface area contributed by atoms with Crippen LogP contribution in [-0.2, 0) is 23.9 Å². The highest BCUT2D eigenvalue weighted by molar-refractivity contribution is 7.13. The molecule has 0 saturated carbocycles. The lowest BCUT2D eigenvalue weighted by Gasteiger charge is -2.21. The quantitative estimate of drug-likeness (QED) is 0.423. The van der Waals surface area contributed by atoms with Gasteiger partial charge in [0.2, 0.25) is 5.95 Å². The zero-order chi connectivity index (χ0) is 23.7. The molecule has 0 bridgehead atoms. The number of aryl methyl sites for hydroxylation is 1. The van der Waals surface area contributed by atoms with Crippen LogP contribution in [0.15, 0.2) is 54.4 Å². The molecule has 2 N–H and O–H groups in total. The molecule has 4 heterocycles. The van der Waals surface area contributed by atoms with Crippen LogP contribution in [0.2, 0.25) is 0 Å². The predicted molar refractivity (Wildman–Crippen MR) is 130 cm³/mol. The van der Waals surface area contributed by atoms with Gasteiger partial charge in [0.15, 0.2) is 5.60 Å². The summed E-state index contributed by atoms with van der Waals surface area (Å²) in [5.74, 6) is 0.268. The third-order valence-electron chi connectivity index (χ3n) is 5.94. The Morgan fingerprint density at radius 1 is 1.18 bits per heavy atom. The summed E-state index contributed by atoms with van der Waals surface area (Å²) in [6.45, 7) is 1.21. The third-order valence-corrected chi connectivity index (χ3v) is 6.83. The lowest BCUT2D eigenvalue weighted by atomic mass is 9.91. The van der Waals surface area contributed by atoms with E-state index in [1.807, 2.05) is 47.5 Å². The number of benzene rings is 1. The second kappa shape index (κ2) is 8.96. The number of rotatable bonds is 7. The number of aliphatic hydroxyl groups is 1. The molecule has 0 radical (unpaired) electrons. The molecular weight excluding hydrogens is 450 g/mol. The summed E-state index contributed by atoms with van der Waals surface area (Å²) in [4.78, 5) is 32.0. The fraction of sp³-hybridized carbons (Fsp3) is 0.292. The summed E-state index contributed by atoms with van der Waals surface area (Å²) in [6, 6.07) is 9.26. The van der Waals surface area contributed by atoms with Crippen LogP contribution in [0, 0.1) is 0 Å². The number of likely N-dealkylation sites (tertiary alicyclic amines) is 1. The van der Waals surface area contributed by atoms with Crippen LogP contribution >= 0.6 is 11.3 Å². The Balaban J connectivity index is 1.31. The van der Waals surface area contributed by atoms with E-state index in [2.05, 4.69) is 20.3 Å². The molecule has 1 atom stereocenters. The Morgan fingerprint density at radius 2 is 2.06 bits per heavy atom. The summed E-state index contributed by atoms with van der Waals surface area (Å²) >= 11 is 1.49. The summed E-state index contributed by atoms with van der Waals surface area (Å²) in [7, 11) is 3.66. The number of anilines is 1. The van der Waals surface area contributed by atoms with Crippen molar-refractivity contribution in [2.45, 2.75) is 18.4 Å². The topological polar surface area (TPSA) is 109 Å². The normalized spacial score (nSPS) is 18.0. The van der Waals surface area contributed by atoms with E-state index in [0.29, 0.717) is 31.0 Å². The van der Waals surface area contributed by atoms with Crippen molar-refractivity contribution in [3.8, 4) is 22.0 Å². The van der Waals surface area contributed by atoms with Crippen LogP contribution in [0.25, 0.3) is 22.0 Å². The molecule has 1 amide bonds. The number of amides is 1. The van der Waals surface area contributed by atoms with Gasteiger partial charge in [-0.25, -0.2) is 19.9 Å².